The molecule has 0 aliphatic carbocycles. The number of ether oxygens (including phenoxy) is 2. The van der Waals surface area contributed by atoms with Crippen LogP contribution in [0.2, 0.25) is 0 Å². The number of halogens is 1. The first-order valence-electron chi connectivity index (χ1n) is 5.04. The molecule has 1 atom stereocenters. The number of carbonyl (C=O) groups is 1. The molecule has 0 heterocycles. The Labute approximate surface area is 100 Å². The van der Waals surface area contributed by atoms with E-state index < -0.39 is 0 Å². The second kappa shape index (κ2) is 6.38. The lowest BCUT2D eigenvalue weighted by Crippen LogP contribution is -2.09. The highest BCUT2D eigenvalue weighted by molar-refractivity contribution is 6.18. The van der Waals surface area contributed by atoms with Crippen molar-refractivity contribution >= 4 is 17.6 Å². The molecule has 1 unspecified atom stereocenters. The molecule has 4 heteroatoms. The predicted octanol–water partition coefficient (Wildman–Crippen LogP) is 2.73. The topological polar surface area (TPSA) is 35.5 Å². The van der Waals surface area contributed by atoms with E-state index in [-0.39, 0.29) is 5.97 Å². The zero-order chi connectivity index (χ0) is 12.0. The predicted molar refractivity (Wildman–Crippen MR) is 63.2 cm³/mol. The molecule has 1 aromatic rings. The molecule has 3 nitrogen and oxygen atoms in total. The van der Waals surface area contributed by atoms with Crippen LogP contribution in [0.5, 0.6) is 5.75 Å². The summed E-state index contributed by atoms with van der Waals surface area (Å²) in [5, 5.41) is 0. The van der Waals surface area contributed by atoms with Gasteiger partial charge in [0.2, 0.25) is 0 Å². The summed E-state index contributed by atoms with van der Waals surface area (Å²) >= 11 is 5.66. The van der Waals surface area contributed by atoms with Crippen LogP contribution in [0.4, 0.5) is 0 Å². The van der Waals surface area contributed by atoms with Crippen LogP contribution in [0.25, 0.3) is 0 Å². The summed E-state index contributed by atoms with van der Waals surface area (Å²) in [5.74, 6) is 1.26. The van der Waals surface area contributed by atoms with Crippen LogP contribution in [0.1, 0.15) is 17.3 Å². The number of benzene rings is 1. The van der Waals surface area contributed by atoms with Crippen molar-refractivity contribution in [1.82, 2.24) is 0 Å². The van der Waals surface area contributed by atoms with Crippen LogP contribution in [0.15, 0.2) is 24.3 Å². The fourth-order valence-electron chi connectivity index (χ4n) is 1.09. The minimum absolute atomic E-state index is 0.307. The molecule has 0 amide bonds. The summed E-state index contributed by atoms with van der Waals surface area (Å²) in [6.45, 7) is 2.58. The zero-order valence-corrected chi connectivity index (χ0v) is 10.2. The zero-order valence-electron chi connectivity index (χ0n) is 9.40. The molecule has 0 spiro atoms. The fraction of sp³-hybridized carbons (Fsp3) is 0.417. The SMILES string of the molecule is COC(=O)c1ccc(OCC(C)CCl)cc1. The molecule has 1 rings (SSSR count). The molecule has 1 aromatic carbocycles. The lowest BCUT2D eigenvalue weighted by molar-refractivity contribution is 0.0600. The second-order valence-corrected chi connectivity index (χ2v) is 3.90. The van der Waals surface area contributed by atoms with Gasteiger partial charge < -0.3 is 9.47 Å². The van der Waals surface area contributed by atoms with Gasteiger partial charge in [0.15, 0.2) is 0 Å². The van der Waals surface area contributed by atoms with Crippen LogP contribution in [0.3, 0.4) is 0 Å². The van der Waals surface area contributed by atoms with Gasteiger partial charge in [-0.25, -0.2) is 4.79 Å². The van der Waals surface area contributed by atoms with Crippen molar-refractivity contribution < 1.29 is 14.3 Å². The minimum atomic E-state index is -0.347. The Hall–Kier alpha value is -1.22. The van der Waals surface area contributed by atoms with E-state index in [1.807, 2.05) is 6.92 Å². The van der Waals surface area contributed by atoms with Gasteiger partial charge in [0.1, 0.15) is 5.75 Å². The number of esters is 1. The van der Waals surface area contributed by atoms with Crippen molar-refractivity contribution in [2.24, 2.45) is 5.92 Å². The van der Waals surface area contributed by atoms with E-state index in [1.165, 1.54) is 7.11 Å². The first-order chi connectivity index (χ1) is 7.67. The molecule has 0 aliphatic heterocycles. The van der Waals surface area contributed by atoms with Gasteiger partial charge in [-0.3, -0.25) is 0 Å². The van der Waals surface area contributed by atoms with Crippen molar-refractivity contribution in [2.45, 2.75) is 6.92 Å². The van der Waals surface area contributed by atoms with Gasteiger partial charge >= 0.3 is 5.97 Å². The van der Waals surface area contributed by atoms with E-state index in [2.05, 4.69) is 4.74 Å². The van der Waals surface area contributed by atoms with Gasteiger partial charge in [-0.2, -0.15) is 0 Å². The molecule has 0 bridgehead atoms. The highest BCUT2D eigenvalue weighted by Gasteiger charge is 2.05. The summed E-state index contributed by atoms with van der Waals surface area (Å²) in [6, 6.07) is 6.83. The molecule has 88 valence electrons. The maximum absolute atomic E-state index is 11.2. The Morgan fingerprint density at radius 1 is 1.38 bits per heavy atom. The van der Waals surface area contributed by atoms with Gasteiger partial charge in [0.25, 0.3) is 0 Å². The standard InChI is InChI=1S/C12H15ClO3/c1-9(7-13)8-16-11-5-3-10(4-6-11)12(14)15-2/h3-6,9H,7-8H2,1-2H3. The average molecular weight is 243 g/mol. The number of rotatable bonds is 5. The van der Waals surface area contributed by atoms with E-state index >= 15 is 0 Å². The number of methoxy groups -OCH3 is 1. The molecule has 0 aromatic heterocycles. The fourth-order valence-corrected chi connectivity index (χ4v) is 1.18. The molecule has 0 N–H and O–H groups in total. The minimum Gasteiger partial charge on any atom is -0.493 e. The van der Waals surface area contributed by atoms with Gasteiger partial charge in [-0.15, -0.1) is 11.6 Å². The lowest BCUT2D eigenvalue weighted by Gasteiger charge is -2.10. The van der Waals surface area contributed by atoms with E-state index in [0.717, 1.165) is 5.75 Å². The third-order valence-corrected chi connectivity index (χ3v) is 2.60. The van der Waals surface area contributed by atoms with Crippen LogP contribution in [0, 0.1) is 5.92 Å². The molecule has 0 radical (unpaired) electrons. The van der Waals surface area contributed by atoms with Crippen molar-refractivity contribution in [1.29, 1.82) is 0 Å². The Balaban J connectivity index is 2.54. The van der Waals surface area contributed by atoms with Crippen molar-refractivity contribution in [3.05, 3.63) is 29.8 Å². The Morgan fingerprint density at radius 3 is 2.50 bits per heavy atom. The van der Waals surface area contributed by atoms with E-state index in [0.29, 0.717) is 24.0 Å². The average Bonchev–Trinajstić information content (AvgIpc) is 2.35. The van der Waals surface area contributed by atoms with Crippen LogP contribution < -0.4 is 4.74 Å². The van der Waals surface area contributed by atoms with E-state index in [4.69, 9.17) is 16.3 Å². The maximum atomic E-state index is 11.2. The molecule has 16 heavy (non-hydrogen) atoms. The first kappa shape index (κ1) is 12.8. The normalized spacial score (nSPS) is 11.9. The van der Waals surface area contributed by atoms with E-state index in [9.17, 15) is 4.79 Å². The van der Waals surface area contributed by atoms with Gasteiger partial charge in [0, 0.05) is 11.8 Å². The molecular formula is C12H15ClO3. The number of hydrogen-bond donors (Lipinski definition) is 0. The summed E-state index contributed by atoms with van der Waals surface area (Å²) < 4.78 is 10.1. The van der Waals surface area contributed by atoms with Crippen LogP contribution >= 0.6 is 11.6 Å². The monoisotopic (exact) mass is 242 g/mol. The van der Waals surface area contributed by atoms with Crippen LogP contribution in [-0.2, 0) is 4.74 Å². The molecule has 0 saturated carbocycles. The van der Waals surface area contributed by atoms with Crippen molar-refractivity contribution in [3.8, 4) is 5.75 Å². The first-order valence-corrected chi connectivity index (χ1v) is 5.58. The van der Waals surface area contributed by atoms with Crippen LogP contribution in [-0.4, -0.2) is 25.6 Å². The summed E-state index contributed by atoms with van der Waals surface area (Å²) in [7, 11) is 1.36. The third kappa shape index (κ3) is 3.74. The molecule has 0 fully saturated rings. The van der Waals surface area contributed by atoms with E-state index in [1.54, 1.807) is 24.3 Å². The Kier molecular flexibility index (Phi) is 5.12. The highest BCUT2D eigenvalue weighted by Crippen LogP contribution is 2.14. The van der Waals surface area contributed by atoms with Gasteiger partial charge in [-0.1, -0.05) is 6.92 Å². The quantitative estimate of drug-likeness (QED) is 0.588. The highest BCUT2D eigenvalue weighted by atomic mass is 35.5. The molecule has 0 saturated heterocycles. The largest absolute Gasteiger partial charge is 0.493 e. The molecule has 0 aliphatic rings. The Bertz CT molecular complexity index is 335. The number of alkyl halides is 1. The Morgan fingerprint density at radius 2 is 2.00 bits per heavy atom. The summed E-state index contributed by atoms with van der Waals surface area (Å²) in [4.78, 5) is 11.2. The number of carbonyl (C=O) groups excluding carboxylic acids is 1. The molecular weight excluding hydrogens is 228 g/mol. The van der Waals surface area contributed by atoms with Crippen molar-refractivity contribution in [2.75, 3.05) is 19.6 Å². The smallest absolute Gasteiger partial charge is 0.337 e. The summed E-state index contributed by atoms with van der Waals surface area (Å²) in [5.41, 5.74) is 0.514. The number of hydrogen-bond acceptors (Lipinski definition) is 3. The summed E-state index contributed by atoms with van der Waals surface area (Å²) in [6.07, 6.45) is 0. The second-order valence-electron chi connectivity index (χ2n) is 3.59. The third-order valence-electron chi connectivity index (χ3n) is 2.07. The maximum Gasteiger partial charge on any atom is 0.337 e. The van der Waals surface area contributed by atoms with Crippen molar-refractivity contribution in [3.63, 3.8) is 0 Å². The lowest BCUT2D eigenvalue weighted by atomic mass is 10.2. The van der Waals surface area contributed by atoms with Gasteiger partial charge in [-0.05, 0) is 24.3 Å². The van der Waals surface area contributed by atoms with Gasteiger partial charge in [0.05, 0.1) is 19.3 Å².